The fourth-order valence-electron chi connectivity index (χ4n) is 3.41. The first kappa shape index (κ1) is 20.9. The van der Waals surface area contributed by atoms with Crippen LogP contribution in [0.25, 0.3) is 33.6 Å². The average molecular weight is 433 g/mol. The molecule has 5 heteroatoms. The van der Waals surface area contributed by atoms with E-state index < -0.39 is 5.63 Å². The summed E-state index contributed by atoms with van der Waals surface area (Å²) in [6.07, 6.45) is 2.00. The van der Waals surface area contributed by atoms with E-state index in [1.54, 1.807) is 23.9 Å². The molecule has 1 aromatic heterocycles. The van der Waals surface area contributed by atoms with Gasteiger partial charge in [0.25, 0.3) is 0 Å². The fourth-order valence-corrected chi connectivity index (χ4v) is 3.81. The zero-order chi connectivity index (χ0) is 21.8. The third-order valence-electron chi connectivity index (χ3n) is 4.94. The number of benzene rings is 3. The third-order valence-corrected chi connectivity index (χ3v) is 5.68. The topological polar surface area (TPSA) is 39.4 Å². The van der Waals surface area contributed by atoms with Crippen LogP contribution in [-0.2, 0) is 0 Å². The van der Waals surface area contributed by atoms with Crippen LogP contribution in [0.5, 0.6) is 5.75 Å². The number of halogens is 1. The maximum atomic E-state index is 13.5. The van der Waals surface area contributed by atoms with Crippen LogP contribution >= 0.6 is 11.8 Å². The van der Waals surface area contributed by atoms with Crippen molar-refractivity contribution in [1.29, 1.82) is 0 Å². The van der Waals surface area contributed by atoms with Gasteiger partial charge >= 0.3 is 5.63 Å². The lowest BCUT2D eigenvalue weighted by Gasteiger charge is -2.12. The van der Waals surface area contributed by atoms with Crippen molar-refractivity contribution in [3.63, 3.8) is 0 Å². The minimum Gasteiger partial charge on any atom is -0.494 e. The maximum absolute atomic E-state index is 13.5. The van der Waals surface area contributed by atoms with Gasteiger partial charge in [0, 0.05) is 16.0 Å². The summed E-state index contributed by atoms with van der Waals surface area (Å²) in [5.41, 5.74) is 2.95. The van der Waals surface area contributed by atoms with Gasteiger partial charge in [-0.15, -0.1) is 11.8 Å². The minimum atomic E-state index is -0.442. The first-order chi connectivity index (χ1) is 15.1. The predicted molar refractivity (Wildman–Crippen MR) is 124 cm³/mol. The van der Waals surface area contributed by atoms with Crippen LogP contribution < -0.4 is 10.4 Å². The van der Waals surface area contributed by atoms with Crippen molar-refractivity contribution in [3.05, 3.63) is 95.1 Å². The van der Waals surface area contributed by atoms with Gasteiger partial charge in [0.2, 0.25) is 0 Å². The molecule has 0 bridgehead atoms. The Hall–Kier alpha value is -3.31. The molecule has 0 aliphatic carbocycles. The van der Waals surface area contributed by atoms with Crippen LogP contribution in [0.3, 0.4) is 0 Å². The van der Waals surface area contributed by atoms with E-state index in [1.165, 1.54) is 12.1 Å². The summed E-state index contributed by atoms with van der Waals surface area (Å²) in [5, 5.41) is 0. The van der Waals surface area contributed by atoms with E-state index in [2.05, 4.69) is 0 Å². The molecular formula is C26H21FO3S. The number of thioether (sulfide) groups is 1. The number of rotatable bonds is 6. The molecule has 3 nitrogen and oxygen atoms in total. The number of ether oxygens (including phenoxy) is 1. The molecule has 0 aliphatic heterocycles. The highest BCUT2D eigenvalue weighted by molar-refractivity contribution is 7.98. The van der Waals surface area contributed by atoms with Crippen LogP contribution in [0.2, 0.25) is 0 Å². The molecular weight excluding hydrogens is 411 g/mol. The summed E-state index contributed by atoms with van der Waals surface area (Å²) >= 11 is 1.63. The molecule has 31 heavy (non-hydrogen) atoms. The molecule has 4 aromatic rings. The van der Waals surface area contributed by atoms with Crippen molar-refractivity contribution in [2.24, 2.45) is 0 Å². The van der Waals surface area contributed by atoms with Gasteiger partial charge in [-0.2, -0.15) is 0 Å². The van der Waals surface area contributed by atoms with Crippen molar-refractivity contribution in [3.8, 4) is 39.3 Å². The summed E-state index contributed by atoms with van der Waals surface area (Å²) in [5.74, 6) is 0.860. The highest BCUT2D eigenvalue weighted by atomic mass is 32.2. The van der Waals surface area contributed by atoms with Crippen LogP contribution in [0.4, 0.5) is 4.39 Å². The van der Waals surface area contributed by atoms with Gasteiger partial charge in [0.05, 0.1) is 12.2 Å². The van der Waals surface area contributed by atoms with Crippen LogP contribution in [0.15, 0.2) is 93.0 Å². The van der Waals surface area contributed by atoms with E-state index in [0.29, 0.717) is 23.5 Å². The second kappa shape index (κ2) is 9.23. The molecule has 156 valence electrons. The Kier molecular flexibility index (Phi) is 6.23. The van der Waals surface area contributed by atoms with Crippen molar-refractivity contribution in [2.45, 2.75) is 11.8 Å². The van der Waals surface area contributed by atoms with Gasteiger partial charge in [0.1, 0.15) is 17.3 Å². The Morgan fingerprint density at radius 1 is 0.871 bits per heavy atom. The lowest BCUT2D eigenvalue weighted by Crippen LogP contribution is -2.06. The number of hydrogen-bond acceptors (Lipinski definition) is 4. The molecule has 4 rings (SSSR count). The van der Waals surface area contributed by atoms with Crippen LogP contribution in [0.1, 0.15) is 6.92 Å². The molecule has 0 saturated carbocycles. The van der Waals surface area contributed by atoms with Gasteiger partial charge in [-0.05, 0) is 78.9 Å². The molecule has 0 amide bonds. The zero-order valence-corrected chi connectivity index (χ0v) is 18.0. The smallest absolute Gasteiger partial charge is 0.344 e. The summed E-state index contributed by atoms with van der Waals surface area (Å²) < 4.78 is 24.7. The fraction of sp³-hybridized carbons (Fsp3) is 0.115. The van der Waals surface area contributed by atoms with Crippen molar-refractivity contribution < 1.29 is 13.5 Å². The standard InChI is InChI=1S/C26H21FO3S/c1-3-29-21-12-6-18(7-13-21)24-16-23(17-4-10-20(27)11-5-17)25(26(28)30-24)19-8-14-22(31-2)15-9-19/h4-16H,3H2,1-2H3. The predicted octanol–water partition coefficient (Wildman–Crippen LogP) is 6.90. The lowest BCUT2D eigenvalue weighted by molar-refractivity contribution is 0.340. The molecule has 0 unspecified atom stereocenters. The van der Waals surface area contributed by atoms with Gasteiger partial charge in [-0.25, -0.2) is 9.18 Å². The Morgan fingerprint density at radius 2 is 1.48 bits per heavy atom. The van der Waals surface area contributed by atoms with Crippen molar-refractivity contribution in [1.82, 2.24) is 0 Å². The zero-order valence-electron chi connectivity index (χ0n) is 17.2. The van der Waals surface area contributed by atoms with E-state index in [4.69, 9.17) is 9.15 Å². The molecule has 0 aliphatic rings. The second-order valence-corrected chi connectivity index (χ2v) is 7.76. The van der Waals surface area contributed by atoms with Crippen molar-refractivity contribution >= 4 is 11.8 Å². The first-order valence-electron chi connectivity index (χ1n) is 9.91. The normalized spacial score (nSPS) is 10.8. The molecule has 0 fully saturated rings. The van der Waals surface area contributed by atoms with Crippen molar-refractivity contribution in [2.75, 3.05) is 12.9 Å². The van der Waals surface area contributed by atoms with E-state index >= 15 is 0 Å². The maximum Gasteiger partial charge on any atom is 0.344 e. The highest BCUT2D eigenvalue weighted by Gasteiger charge is 2.17. The molecule has 0 atom stereocenters. The van der Waals surface area contributed by atoms with E-state index in [9.17, 15) is 9.18 Å². The second-order valence-electron chi connectivity index (χ2n) is 6.88. The monoisotopic (exact) mass is 432 g/mol. The Morgan fingerprint density at radius 3 is 2.10 bits per heavy atom. The number of hydrogen-bond donors (Lipinski definition) is 0. The molecule has 0 radical (unpaired) electrons. The summed E-state index contributed by atoms with van der Waals surface area (Å²) in [4.78, 5) is 14.2. The van der Waals surface area contributed by atoms with E-state index in [0.717, 1.165) is 27.3 Å². The van der Waals surface area contributed by atoms with Gasteiger partial charge in [-0.1, -0.05) is 24.3 Å². The third kappa shape index (κ3) is 4.57. The summed E-state index contributed by atoms with van der Waals surface area (Å²) in [6.45, 7) is 2.50. The molecule has 0 saturated heterocycles. The SMILES string of the molecule is CCOc1ccc(-c2cc(-c3ccc(F)cc3)c(-c3ccc(SC)cc3)c(=O)o2)cc1. The minimum absolute atomic E-state index is 0.329. The first-order valence-corrected chi connectivity index (χ1v) is 11.1. The van der Waals surface area contributed by atoms with E-state index in [-0.39, 0.29) is 5.82 Å². The Balaban J connectivity index is 1.88. The Labute approximate surface area is 184 Å². The van der Waals surface area contributed by atoms with Crippen LogP contribution in [0, 0.1) is 5.82 Å². The summed E-state index contributed by atoms with van der Waals surface area (Å²) in [7, 11) is 0. The van der Waals surface area contributed by atoms with Gasteiger partial charge in [0.15, 0.2) is 0 Å². The highest BCUT2D eigenvalue weighted by Crippen LogP contribution is 2.34. The molecule has 0 N–H and O–H groups in total. The van der Waals surface area contributed by atoms with E-state index in [1.807, 2.05) is 67.8 Å². The molecule has 1 heterocycles. The van der Waals surface area contributed by atoms with Crippen LogP contribution in [-0.4, -0.2) is 12.9 Å². The molecule has 0 spiro atoms. The average Bonchev–Trinajstić information content (AvgIpc) is 2.80. The van der Waals surface area contributed by atoms with Gasteiger partial charge in [-0.3, -0.25) is 0 Å². The molecule has 3 aromatic carbocycles. The summed E-state index contributed by atoms with van der Waals surface area (Å²) in [6, 6.07) is 23.1. The largest absolute Gasteiger partial charge is 0.494 e. The quantitative estimate of drug-likeness (QED) is 0.311. The van der Waals surface area contributed by atoms with Gasteiger partial charge < -0.3 is 9.15 Å². The lowest BCUT2D eigenvalue weighted by atomic mass is 9.95. The Bertz CT molecular complexity index is 1230.